The average molecular weight is 264 g/mol. The highest BCUT2D eigenvalue weighted by atomic mass is 19.1. The fourth-order valence-corrected chi connectivity index (χ4v) is 2.95. The maximum absolute atomic E-state index is 13.6. The molecule has 2 unspecified atom stereocenters. The quantitative estimate of drug-likeness (QED) is 0.850. The van der Waals surface area contributed by atoms with Crippen LogP contribution >= 0.6 is 0 Å². The van der Waals surface area contributed by atoms with Crippen molar-refractivity contribution in [2.24, 2.45) is 0 Å². The molecule has 2 rings (SSSR count). The van der Waals surface area contributed by atoms with Gasteiger partial charge < -0.3 is 5.32 Å². The average Bonchev–Trinajstić information content (AvgIpc) is 2.86. The summed E-state index contributed by atoms with van der Waals surface area (Å²) >= 11 is 0. The fraction of sp³-hybridized carbons (Fsp3) is 0.625. The molecule has 2 nitrogen and oxygen atoms in total. The zero-order chi connectivity index (χ0) is 13.7. The predicted octanol–water partition coefficient (Wildman–Crippen LogP) is 2.83. The summed E-state index contributed by atoms with van der Waals surface area (Å²) in [7, 11) is 0. The van der Waals surface area contributed by atoms with Crippen LogP contribution in [0, 0.1) is 5.82 Å². The summed E-state index contributed by atoms with van der Waals surface area (Å²) in [5.74, 6) is -0.0906. The molecule has 0 aliphatic carbocycles. The summed E-state index contributed by atoms with van der Waals surface area (Å²) in [6.07, 6.45) is 3.35. The third-order valence-corrected chi connectivity index (χ3v) is 4.09. The highest BCUT2D eigenvalue weighted by Gasteiger charge is 2.22. The summed E-state index contributed by atoms with van der Waals surface area (Å²) in [5, 5.41) is 3.56. The van der Waals surface area contributed by atoms with Gasteiger partial charge in [0.05, 0.1) is 0 Å². The van der Waals surface area contributed by atoms with Gasteiger partial charge in [-0.05, 0) is 50.9 Å². The Morgan fingerprint density at radius 1 is 1.42 bits per heavy atom. The predicted molar refractivity (Wildman–Crippen MR) is 77.8 cm³/mol. The zero-order valence-corrected chi connectivity index (χ0v) is 12.0. The molecular formula is C16H25FN2. The lowest BCUT2D eigenvalue weighted by molar-refractivity contribution is 0.254. The van der Waals surface area contributed by atoms with Crippen LogP contribution in [-0.4, -0.2) is 36.6 Å². The molecule has 2 atom stereocenters. The van der Waals surface area contributed by atoms with E-state index in [1.54, 1.807) is 6.07 Å². The summed E-state index contributed by atoms with van der Waals surface area (Å²) < 4.78 is 13.6. The normalized spacial score (nSPS) is 21.7. The van der Waals surface area contributed by atoms with Crippen molar-refractivity contribution in [3.8, 4) is 0 Å². The second kappa shape index (κ2) is 7.01. The minimum absolute atomic E-state index is 0.0906. The Kier molecular flexibility index (Phi) is 5.34. The molecular weight excluding hydrogens is 239 g/mol. The molecule has 3 heteroatoms. The van der Waals surface area contributed by atoms with Crippen LogP contribution in [0.2, 0.25) is 0 Å². The first kappa shape index (κ1) is 14.5. The molecule has 0 saturated carbocycles. The van der Waals surface area contributed by atoms with Gasteiger partial charge in [0, 0.05) is 18.6 Å². The Bertz CT molecular complexity index is 394. The van der Waals surface area contributed by atoms with Crippen molar-refractivity contribution in [2.45, 2.75) is 45.2 Å². The van der Waals surface area contributed by atoms with Gasteiger partial charge in [-0.25, -0.2) is 4.39 Å². The first-order chi connectivity index (χ1) is 9.20. The number of likely N-dealkylation sites (tertiary alicyclic amines) is 1. The van der Waals surface area contributed by atoms with Crippen molar-refractivity contribution in [1.29, 1.82) is 0 Å². The van der Waals surface area contributed by atoms with E-state index in [0.717, 1.165) is 25.1 Å². The summed E-state index contributed by atoms with van der Waals surface area (Å²) in [4.78, 5) is 2.53. The van der Waals surface area contributed by atoms with Gasteiger partial charge in [0.2, 0.25) is 0 Å². The van der Waals surface area contributed by atoms with Crippen LogP contribution in [0.4, 0.5) is 4.39 Å². The summed E-state index contributed by atoms with van der Waals surface area (Å²) in [6, 6.07) is 8.04. The molecule has 19 heavy (non-hydrogen) atoms. The molecule has 1 N–H and O–H groups in total. The molecule has 0 amide bonds. The first-order valence-corrected chi connectivity index (χ1v) is 7.41. The van der Waals surface area contributed by atoms with Crippen LogP contribution in [0.5, 0.6) is 0 Å². The van der Waals surface area contributed by atoms with Crippen LogP contribution < -0.4 is 5.32 Å². The molecule has 0 spiro atoms. The van der Waals surface area contributed by atoms with Crippen molar-refractivity contribution < 1.29 is 4.39 Å². The van der Waals surface area contributed by atoms with Crippen molar-refractivity contribution in [3.63, 3.8) is 0 Å². The lowest BCUT2D eigenvalue weighted by atomic mass is 10.1. The second-order valence-electron chi connectivity index (χ2n) is 5.53. The Morgan fingerprint density at radius 3 is 2.95 bits per heavy atom. The monoisotopic (exact) mass is 264 g/mol. The van der Waals surface area contributed by atoms with E-state index in [1.165, 1.54) is 25.5 Å². The van der Waals surface area contributed by atoms with E-state index in [9.17, 15) is 4.39 Å². The lowest BCUT2D eigenvalue weighted by Gasteiger charge is -2.25. The molecule has 1 heterocycles. The summed E-state index contributed by atoms with van der Waals surface area (Å²) in [6.45, 7) is 7.74. The maximum Gasteiger partial charge on any atom is 0.126 e. The zero-order valence-electron chi connectivity index (χ0n) is 12.0. The molecule has 1 aromatic carbocycles. The topological polar surface area (TPSA) is 15.3 Å². The van der Waals surface area contributed by atoms with E-state index in [-0.39, 0.29) is 5.82 Å². The standard InChI is InChI=1S/C16H25FN2/c1-3-19-10-6-8-15(19)12-18-13(2)11-14-7-4-5-9-16(14)17/h4-5,7,9,13,15,18H,3,6,8,10-12H2,1-2H3. The van der Waals surface area contributed by atoms with Gasteiger partial charge in [-0.15, -0.1) is 0 Å². The number of benzene rings is 1. The van der Waals surface area contributed by atoms with E-state index < -0.39 is 0 Å². The molecule has 0 aromatic heterocycles. The molecule has 1 saturated heterocycles. The fourth-order valence-electron chi connectivity index (χ4n) is 2.95. The Morgan fingerprint density at radius 2 is 2.21 bits per heavy atom. The molecule has 1 aromatic rings. The Labute approximate surface area is 116 Å². The highest BCUT2D eigenvalue weighted by Crippen LogP contribution is 2.16. The molecule has 1 aliphatic rings. The number of halogens is 1. The van der Waals surface area contributed by atoms with Gasteiger partial charge in [-0.1, -0.05) is 25.1 Å². The second-order valence-corrected chi connectivity index (χ2v) is 5.53. The van der Waals surface area contributed by atoms with E-state index >= 15 is 0 Å². The van der Waals surface area contributed by atoms with E-state index in [1.807, 2.05) is 12.1 Å². The van der Waals surface area contributed by atoms with Gasteiger partial charge in [0.15, 0.2) is 0 Å². The number of nitrogens with one attached hydrogen (secondary N) is 1. The van der Waals surface area contributed by atoms with Crippen LogP contribution in [0.15, 0.2) is 24.3 Å². The van der Waals surface area contributed by atoms with Crippen molar-refractivity contribution in [2.75, 3.05) is 19.6 Å². The Balaban J connectivity index is 1.78. The van der Waals surface area contributed by atoms with Gasteiger partial charge in [-0.3, -0.25) is 4.90 Å². The molecule has 106 valence electrons. The maximum atomic E-state index is 13.6. The number of rotatable bonds is 6. The van der Waals surface area contributed by atoms with E-state index in [2.05, 4.69) is 24.1 Å². The third kappa shape index (κ3) is 4.02. The molecule has 1 aliphatic heterocycles. The van der Waals surface area contributed by atoms with Crippen LogP contribution in [0.25, 0.3) is 0 Å². The minimum atomic E-state index is -0.0906. The van der Waals surface area contributed by atoms with Crippen LogP contribution in [-0.2, 0) is 6.42 Å². The van der Waals surface area contributed by atoms with Gasteiger partial charge in [0.25, 0.3) is 0 Å². The van der Waals surface area contributed by atoms with Crippen molar-refractivity contribution in [1.82, 2.24) is 10.2 Å². The number of hydrogen-bond donors (Lipinski definition) is 1. The molecule has 0 bridgehead atoms. The SMILES string of the molecule is CCN1CCCC1CNC(C)Cc1ccccc1F. The number of hydrogen-bond acceptors (Lipinski definition) is 2. The molecule has 1 fully saturated rings. The Hall–Kier alpha value is -0.930. The molecule has 0 radical (unpaired) electrons. The van der Waals surface area contributed by atoms with E-state index in [0.29, 0.717) is 12.1 Å². The van der Waals surface area contributed by atoms with Crippen molar-refractivity contribution >= 4 is 0 Å². The van der Waals surface area contributed by atoms with Crippen LogP contribution in [0.1, 0.15) is 32.3 Å². The third-order valence-electron chi connectivity index (χ3n) is 4.09. The van der Waals surface area contributed by atoms with Gasteiger partial charge >= 0.3 is 0 Å². The van der Waals surface area contributed by atoms with Gasteiger partial charge in [-0.2, -0.15) is 0 Å². The smallest absolute Gasteiger partial charge is 0.126 e. The highest BCUT2D eigenvalue weighted by molar-refractivity contribution is 5.18. The number of nitrogens with zero attached hydrogens (tertiary/aromatic N) is 1. The summed E-state index contributed by atoms with van der Waals surface area (Å²) in [5.41, 5.74) is 0.807. The van der Waals surface area contributed by atoms with Crippen molar-refractivity contribution in [3.05, 3.63) is 35.6 Å². The van der Waals surface area contributed by atoms with E-state index in [4.69, 9.17) is 0 Å². The van der Waals surface area contributed by atoms with Gasteiger partial charge in [0.1, 0.15) is 5.82 Å². The van der Waals surface area contributed by atoms with Crippen LogP contribution in [0.3, 0.4) is 0 Å². The number of likely N-dealkylation sites (N-methyl/N-ethyl adjacent to an activating group) is 1. The first-order valence-electron chi connectivity index (χ1n) is 7.41. The minimum Gasteiger partial charge on any atom is -0.312 e. The largest absolute Gasteiger partial charge is 0.312 e. The lowest BCUT2D eigenvalue weighted by Crippen LogP contribution is -2.41.